The Bertz CT molecular complexity index is 346. The summed E-state index contributed by atoms with van der Waals surface area (Å²) in [5.74, 6) is -0.726. The van der Waals surface area contributed by atoms with Crippen LogP contribution >= 0.6 is 0 Å². The molecule has 116 valence electrons. The zero-order chi connectivity index (χ0) is 15.3. The second kappa shape index (κ2) is 7.04. The largest absolute Gasteiger partial charge is 0.388 e. The zero-order valence-electron chi connectivity index (χ0n) is 12.4. The van der Waals surface area contributed by atoms with E-state index in [2.05, 4.69) is 5.32 Å². The molecular weight excluding hydrogens is 258 g/mol. The predicted molar refractivity (Wildman–Crippen MR) is 76.6 cm³/mol. The molecule has 2 amide bonds. The molecule has 0 aromatic rings. The van der Waals surface area contributed by atoms with Crippen LogP contribution in [-0.2, 0) is 9.59 Å². The average Bonchev–Trinajstić information content (AvgIpc) is 2.34. The molecule has 0 spiro atoms. The van der Waals surface area contributed by atoms with E-state index >= 15 is 0 Å². The van der Waals surface area contributed by atoms with Gasteiger partial charge in [0.05, 0.1) is 11.6 Å². The first-order valence-corrected chi connectivity index (χ1v) is 7.29. The van der Waals surface area contributed by atoms with Crippen LogP contribution in [0, 0.1) is 5.92 Å². The minimum atomic E-state index is -1.41. The van der Waals surface area contributed by atoms with Crippen LogP contribution in [0.2, 0.25) is 0 Å². The van der Waals surface area contributed by atoms with Gasteiger partial charge in [-0.1, -0.05) is 32.1 Å². The number of nitrogens with one attached hydrogen (secondary N) is 1. The lowest BCUT2D eigenvalue weighted by molar-refractivity contribution is -0.133. The highest BCUT2D eigenvalue weighted by atomic mass is 16.3. The second-order valence-corrected chi connectivity index (χ2v) is 6.34. The number of primary amides is 1. The Labute approximate surface area is 120 Å². The van der Waals surface area contributed by atoms with Crippen LogP contribution in [0.1, 0.15) is 52.4 Å². The van der Waals surface area contributed by atoms with Gasteiger partial charge < -0.3 is 21.9 Å². The minimum Gasteiger partial charge on any atom is -0.388 e. The molecule has 0 heterocycles. The Morgan fingerprint density at radius 2 is 1.85 bits per heavy atom. The number of carbonyl (C=O) groups excluding carboxylic acids is 2. The van der Waals surface area contributed by atoms with E-state index in [4.69, 9.17) is 11.5 Å². The molecule has 0 aliphatic heterocycles. The van der Waals surface area contributed by atoms with Gasteiger partial charge in [0, 0.05) is 0 Å². The molecule has 0 aromatic heterocycles. The molecule has 1 saturated carbocycles. The van der Waals surface area contributed by atoms with E-state index in [0.717, 1.165) is 12.8 Å². The maximum atomic E-state index is 12.0. The van der Waals surface area contributed by atoms with E-state index in [-0.39, 0.29) is 0 Å². The fourth-order valence-corrected chi connectivity index (χ4v) is 2.73. The number of amides is 2. The summed E-state index contributed by atoms with van der Waals surface area (Å²) in [7, 11) is 0. The molecule has 0 unspecified atom stereocenters. The van der Waals surface area contributed by atoms with Crippen molar-refractivity contribution in [2.24, 2.45) is 17.4 Å². The summed E-state index contributed by atoms with van der Waals surface area (Å²) >= 11 is 0. The van der Waals surface area contributed by atoms with Crippen molar-refractivity contribution in [3.63, 3.8) is 0 Å². The fourth-order valence-electron chi connectivity index (χ4n) is 2.73. The highest BCUT2D eigenvalue weighted by Crippen LogP contribution is 2.27. The van der Waals surface area contributed by atoms with Gasteiger partial charge in [0.25, 0.3) is 0 Å². The zero-order valence-corrected chi connectivity index (χ0v) is 12.4. The topological polar surface area (TPSA) is 118 Å². The number of hydrogen-bond acceptors (Lipinski definition) is 4. The first-order valence-electron chi connectivity index (χ1n) is 7.29. The first-order chi connectivity index (χ1) is 9.21. The third-order valence-corrected chi connectivity index (χ3v) is 3.93. The third kappa shape index (κ3) is 5.09. The maximum absolute atomic E-state index is 12.0. The number of aliphatic hydroxyl groups is 1. The van der Waals surface area contributed by atoms with E-state index in [1.807, 2.05) is 0 Å². The molecule has 1 fully saturated rings. The highest BCUT2D eigenvalue weighted by Gasteiger charge is 2.34. The van der Waals surface area contributed by atoms with E-state index < -0.39 is 29.5 Å². The van der Waals surface area contributed by atoms with Crippen LogP contribution < -0.4 is 16.8 Å². The molecule has 6 nitrogen and oxygen atoms in total. The van der Waals surface area contributed by atoms with Gasteiger partial charge in [0.1, 0.15) is 6.04 Å². The summed E-state index contributed by atoms with van der Waals surface area (Å²) in [5, 5.41) is 12.3. The van der Waals surface area contributed by atoms with Crippen molar-refractivity contribution < 1.29 is 14.7 Å². The summed E-state index contributed by atoms with van der Waals surface area (Å²) < 4.78 is 0. The molecule has 1 aliphatic rings. The highest BCUT2D eigenvalue weighted by molar-refractivity contribution is 5.89. The molecule has 0 aromatic carbocycles. The van der Waals surface area contributed by atoms with Crippen molar-refractivity contribution >= 4 is 11.8 Å². The lowest BCUT2D eigenvalue weighted by Crippen LogP contribution is -2.59. The number of hydrogen-bond donors (Lipinski definition) is 4. The molecule has 0 bridgehead atoms. The van der Waals surface area contributed by atoms with Crippen molar-refractivity contribution in [2.75, 3.05) is 0 Å². The third-order valence-electron chi connectivity index (χ3n) is 3.93. The van der Waals surface area contributed by atoms with Crippen molar-refractivity contribution in [2.45, 2.75) is 70.1 Å². The van der Waals surface area contributed by atoms with Gasteiger partial charge in [0.2, 0.25) is 11.8 Å². The molecule has 1 aliphatic carbocycles. The monoisotopic (exact) mass is 285 g/mol. The Morgan fingerprint density at radius 3 is 2.30 bits per heavy atom. The van der Waals surface area contributed by atoms with Crippen LogP contribution in [0.4, 0.5) is 0 Å². The SMILES string of the molecule is CC(C)(O)[C@H](NC(=O)[C@@H](N)CC1CCCCC1)C(N)=O. The lowest BCUT2D eigenvalue weighted by Gasteiger charge is -2.29. The maximum Gasteiger partial charge on any atom is 0.242 e. The Kier molecular flexibility index (Phi) is 5.95. The van der Waals surface area contributed by atoms with Crippen LogP contribution in [0.15, 0.2) is 0 Å². The molecule has 1 rings (SSSR count). The number of rotatable bonds is 6. The summed E-state index contributed by atoms with van der Waals surface area (Å²) in [6, 6.07) is -1.80. The molecule has 6 N–H and O–H groups in total. The summed E-state index contributed by atoms with van der Waals surface area (Å²) in [4.78, 5) is 23.3. The van der Waals surface area contributed by atoms with Crippen LogP contribution in [0.5, 0.6) is 0 Å². The quantitative estimate of drug-likeness (QED) is 0.550. The van der Waals surface area contributed by atoms with Gasteiger partial charge in [-0.25, -0.2) is 0 Å². The average molecular weight is 285 g/mol. The van der Waals surface area contributed by atoms with Crippen molar-refractivity contribution in [1.82, 2.24) is 5.32 Å². The van der Waals surface area contributed by atoms with E-state index in [1.165, 1.54) is 33.1 Å². The van der Waals surface area contributed by atoms with Crippen LogP contribution in [-0.4, -0.2) is 34.6 Å². The number of nitrogens with two attached hydrogens (primary N) is 2. The normalized spacial score (nSPS) is 20.2. The molecular formula is C14H27N3O3. The molecule has 2 atom stereocenters. The van der Waals surface area contributed by atoms with Crippen molar-refractivity contribution in [3.8, 4) is 0 Å². The summed E-state index contributed by atoms with van der Waals surface area (Å²) in [6.07, 6.45) is 6.44. The standard InChI is InChI=1S/C14H27N3O3/c1-14(2,20)11(12(16)18)17-13(19)10(15)8-9-6-4-3-5-7-9/h9-11,20H,3-8,15H2,1-2H3,(H2,16,18)(H,17,19)/t10-,11+/m0/s1. The fraction of sp³-hybridized carbons (Fsp3) is 0.857. The Balaban J connectivity index is 2.53. The first kappa shape index (κ1) is 16.9. The minimum absolute atomic E-state index is 0.429. The molecule has 6 heteroatoms. The van der Waals surface area contributed by atoms with Gasteiger partial charge in [0.15, 0.2) is 0 Å². The van der Waals surface area contributed by atoms with Crippen molar-refractivity contribution in [1.29, 1.82) is 0 Å². The predicted octanol–water partition coefficient (Wildman–Crippen LogP) is 0.0251. The molecule has 0 radical (unpaired) electrons. The summed E-state index contributed by atoms with van der Waals surface area (Å²) in [5.41, 5.74) is 9.68. The Morgan fingerprint density at radius 1 is 1.30 bits per heavy atom. The van der Waals surface area contributed by atoms with Crippen LogP contribution in [0.3, 0.4) is 0 Å². The van der Waals surface area contributed by atoms with Gasteiger partial charge in [-0.05, 0) is 26.2 Å². The molecule has 0 saturated heterocycles. The van der Waals surface area contributed by atoms with E-state index in [1.54, 1.807) is 0 Å². The van der Waals surface area contributed by atoms with Gasteiger partial charge in [-0.3, -0.25) is 9.59 Å². The Hall–Kier alpha value is -1.14. The number of carbonyl (C=O) groups is 2. The van der Waals surface area contributed by atoms with Crippen LogP contribution in [0.25, 0.3) is 0 Å². The van der Waals surface area contributed by atoms with Crippen molar-refractivity contribution in [3.05, 3.63) is 0 Å². The lowest BCUT2D eigenvalue weighted by atomic mass is 9.84. The smallest absolute Gasteiger partial charge is 0.242 e. The van der Waals surface area contributed by atoms with Gasteiger partial charge >= 0.3 is 0 Å². The van der Waals surface area contributed by atoms with Gasteiger partial charge in [-0.2, -0.15) is 0 Å². The summed E-state index contributed by atoms with van der Waals surface area (Å²) in [6.45, 7) is 2.85. The van der Waals surface area contributed by atoms with E-state index in [0.29, 0.717) is 12.3 Å². The molecule has 20 heavy (non-hydrogen) atoms. The van der Waals surface area contributed by atoms with Gasteiger partial charge in [-0.15, -0.1) is 0 Å². The van der Waals surface area contributed by atoms with E-state index in [9.17, 15) is 14.7 Å². The second-order valence-electron chi connectivity index (χ2n) is 6.34.